The molecular formula is C17H21NO2. The molecule has 2 fully saturated rings. The lowest BCUT2D eigenvalue weighted by Gasteiger charge is -2.54. The van der Waals surface area contributed by atoms with Crippen LogP contribution < -0.4 is 4.74 Å². The second-order valence-electron chi connectivity index (χ2n) is 7.03. The molecule has 1 heterocycles. The van der Waals surface area contributed by atoms with Crippen molar-refractivity contribution in [1.82, 2.24) is 4.90 Å². The molecule has 0 amide bonds. The fraction of sp³-hybridized carbons (Fsp3) is 0.588. The predicted molar refractivity (Wildman–Crippen MR) is 77.1 cm³/mol. The van der Waals surface area contributed by atoms with Gasteiger partial charge in [0.1, 0.15) is 12.0 Å². The highest BCUT2D eigenvalue weighted by Crippen LogP contribution is 2.64. The molecule has 3 aliphatic rings. The Bertz CT molecular complexity index is 584. The highest BCUT2D eigenvalue weighted by atomic mass is 16.5. The third kappa shape index (κ3) is 1.37. The van der Waals surface area contributed by atoms with Crippen molar-refractivity contribution in [2.75, 3.05) is 20.7 Å². The van der Waals surface area contributed by atoms with Crippen LogP contribution in [0.2, 0.25) is 0 Å². The van der Waals surface area contributed by atoms with E-state index < -0.39 is 0 Å². The van der Waals surface area contributed by atoms with Gasteiger partial charge in [0.2, 0.25) is 0 Å². The number of carbonyl (C=O) groups excluding carboxylic acids is 1. The summed E-state index contributed by atoms with van der Waals surface area (Å²) in [6.07, 6.45) is 5.24. The Balaban J connectivity index is 1.86. The van der Waals surface area contributed by atoms with E-state index in [0.29, 0.717) is 17.9 Å². The minimum absolute atomic E-state index is 0.0549. The summed E-state index contributed by atoms with van der Waals surface area (Å²) in [5, 5.41) is 0. The number of carbonyl (C=O) groups is 1. The van der Waals surface area contributed by atoms with Gasteiger partial charge in [0.15, 0.2) is 0 Å². The van der Waals surface area contributed by atoms with E-state index >= 15 is 0 Å². The van der Waals surface area contributed by atoms with E-state index in [1.807, 2.05) is 0 Å². The molecule has 1 aliphatic heterocycles. The maximum absolute atomic E-state index is 11.3. The van der Waals surface area contributed by atoms with E-state index in [1.54, 1.807) is 7.11 Å². The first-order valence-electron chi connectivity index (χ1n) is 7.44. The molecule has 2 bridgehead atoms. The zero-order valence-corrected chi connectivity index (χ0v) is 12.2. The summed E-state index contributed by atoms with van der Waals surface area (Å²) < 4.78 is 5.40. The van der Waals surface area contributed by atoms with Gasteiger partial charge in [-0.15, -0.1) is 0 Å². The maximum Gasteiger partial charge on any atom is 0.120 e. The molecule has 20 heavy (non-hydrogen) atoms. The van der Waals surface area contributed by atoms with Crippen LogP contribution in [0.3, 0.4) is 0 Å². The Morgan fingerprint density at radius 1 is 1.50 bits per heavy atom. The van der Waals surface area contributed by atoms with Crippen LogP contribution in [0, 0.1) is 5.41 Å². The molecule has 106 valence electrons. The van der Waals surface area contributed by atoms with Crippen molar-refractivity contribution in [2.24, 2.45) is 5.41 Å². The molecule has 3 atom stereocenters. The lowest BCUT2D eigenvalue weighted by atomic mass is 9.62. The van der Waals surface area contributed by atoms with Crippen LogP contribution in [0.25, 0.3) is 0 Å². The van der Waals surface area contributed by atoms with Crippen molar-refractivity contribution < 1.29 is 9.53 Å². The largest absolute Gasteiger partial charge is 0.497 e. The van der Waals surface area contributed by atoms with E-state index in [4.69, 9.17) is 4.74 Å². The van der Waals surface area contributed by atoms with E-state index in [-0.39, 0.29) is 5.41 Å². The van der Waals surface area contributed by atoms with E-state index in [0.717, 1.165) is 18.5 Å². The van der Waals surface area contributed by atoms with Crippen molar-refractivity contribution in [3.63, 3.8) is 0 Å². The highest BCUT2D eigenvalue weighted by Gasteiger charge is 2.64. The smallest absolute Gasteiger partial charge is 0.120 e. The normalized spacial score (nSPS) is 37.8. The van der Waals surface area contributed by atoms with Crippen LogP contribution in [0.1, 0.15) is 30.4 Å². The van der Waals surface area contributed by atoms with Crippen LogP contribution in [0.4, 0.5) is 0 Å². The van der Waals surface area contributed by atoms with Gasteiger partial charge in [0, 0.05) is 29.8 Å². The first-order chi connectivity index (χ1) is 9.62. The minimum Gasteiger partial charge on any atom is -0.497 e. The average Bonchev–Trinajstić information content (AvgIpc) is 2.65. The SMILES string of the molecule is COc1ccc2c(c1)C1(CC=O)CC3N(C)CC3(C2)C1. The summed E-state index contributed by atoms with van der Waals surface area (Å²) >= 11 is 0. The van der Waals surface area contributed by atoms with Gasteiger partial charge in [-0.2, -0.15) is 0 Å². The number of nitrogens with zero attached hydrogens (tertiary/aromatic N) is 1. The first-order valence-corrected chi connectivity index (χ1v) is 7.44. The van der Waals surface area contributed by atoms with Crippen molar-refractivity contribution in [2.45, 2.75) is 37.1 Å². The van der Waals surface area contributed by atoms with E-state index in [1.165, 1.54) is 30.5 Å². The molecule has 0 N–H and O–H groups in total. The summed E-state index contributed by atoms with van der Waals surface area (Å²) in [4.78, 5) is 13.8. The third-order valence-corrected chi connectivity index (χ3v) is 5.98. The second-order valence-corrected chi connectivity index (χ2v) is 7.03. The Kier molecular flexibility index (Phi) is 2.39. The molecule has 2 aliphatic carbocycles. The molecule has 0 radical (unpaired) electrons. The number of fused-ring (bicyclic) bond motifs is 3. The Labute approximate surface area is 119 Å². The summed E-state index contributed by atoms with van der Waals surface area (Å²) in [6.45, 7) is 1.18. The van der Waals surface area contributed by atoms with Crippen molar-refractivity contribution >= 4 is 6.29 Å². The summed E-state index contributed by atoms with van der Waals surface area (Å²) in [7, 11) is 3.93. The quantitative estimate of drug-likeness (QED) is 0.789. The van der Waals surface area contributed by atoms with E-state index in [2.05, 4.69) is 30.1 Å². The van der Waals surface area contributed by atoms with Gasteiger partial charge in [0.25, 0.3) is 0 Å². The molecule has 1 saturated heterocycles. The number of benzene rings is 1. The van der Waals surface area contributed by atoms with E-state index in [9.17, 15) is 4.79 Å². The monoisotopic (exact) mass is 271 g/mol. The Morgan fingerprint density at radius 2 is 2.35 bits per heavy atom. The third-order valence-electron chi connectivity index (χ3n) is 5.98. The molecule has 0 aromatic heterocycles. The standard InChI is InChI=1S/C17H21NO2/c1-18-11-17-8-12-3-4-13(20-2)7-14(12)16(10-17,5-6-19)9-15(17)18/h3-4,6-7,15H,5,8-11H2,1-2H3. The maximum atomic E-state index is 11.3. The lowest BCUT2D eigenvalue weighted by Crippen LogP contribution is -2.61. The Hall–Kier alpha value is -1.35. The molecule has 4 rings (SSSR count). The number of methoxy groups -OCH3 is 1. The summed E-state index contributed by atoms with van der Waals surface area (Å²) in [6, 6.07) is 7.11. The van der Waals surface area contributed by atoms with Crippen molar-refractivity contribution in [1.29, 1.82) is 0 Å². The number of rotatable bonds is 3. The Morgan fingerprint density at radius 3 is 3.05 bits per heavy atom. The molecule has 1 spiro atoms. The number of likely N-dealkylation sites (tertiary alicyclic amines) is 1. The predicted octanol–water partition coefficient (Wildman–Crippen LogP) is 2.17. The topological polar surface area (TPSA) is 29.5 Å². The number of hydrogen-bond acceptors (Lipinski definition) is 3. The van der Waals surface area contributed by atoms with Gasteiger partial charge >= 0.3 is 0 Å². The lowest BCUT2D eigenvalue weighted by molar-refractivity contribution is -0.109. The van der Waals surface area contributed by atoms with Gasteiger partial charge in [-0.3, -0.25) is 0 Å². The van der Waals surface area contributed by atoms with Crippen LogP contribution in [0.15, 0.2) is 18.2 Å². The van der Waals surface area contributed by atoms with Crippen LogP contribution in [-0.2, 0) is 16.6 Å². The fourth-order valence-electron chi connectivity index (χ4n) is 5.31. The van der Waals surface area contributed by atoms with Gasteiger partial charge in [-0.25, -0.2) is 0 Å². The van der Waals surface area contributed by atoms with Crippen LogP contribution in [0.5, 0.6) is 5.75 Å². The summed E-state index contributed by atoms with van der Waals surface area (Å²) in [5.41, 5.74) is 3.30. The minimum atomic E-state index is 0.0549. The molecule has 3 heteroatoms. The number of ether oxygens (including phenoxy) is 1. The number of hydrogen-bond donors (Lipinski definition) is 0. The number of aldehydes is 1. The fourth-order valence-corrected chi connectivity index (χ4v) is 5.31. The van der Waals surface area contributed by atoms with Gasteiger partial charge < -0.3 is 14.4 Å². The van der Waals surface area contributed by atoms with Gasteiger partial charge in [-0.1, -0.05) is 6.07 Å². The molecular weight excluding hydrogens is 250 g/mol. The molecule has 3 unspecified atom stereocenters. The molecule has 1 aromatic carbocycles. The van der Waals surface area contributed by atoms with Crippen molar-refractivity contribution in [3.8, 4) is 5.75 Å². The van der Waals surface area contributed by atoms with Crippen LogP contribution >= 0.6 is 0 Å². The van der Waals surface area contributed by atoms with Crippen molar-refractivity contribution in [3.05, 3.63) is 29.3 Å². The van der Waals surface area contributed by atoms with Crippen LogP contribution in [-0.4, -0.2) is 37.9 Å². The zero-order chi connectivity index (χ0) is 14.0. The van der Waals surface area contributed by atoms with Gasteiger partial charge in [-0.05, 0) is 49.6 Å². The molecule has 1 aromatic rings. The highest BCUT2D eigenvalue weighted by molar-refractivity contribution is 5.58. The first kappa shape index (κ1) is 12.4. The molecule has 3 nitrogen and oxygen atoms in total. The molecule has 1 saturated carbocycles. The summed E-state index contributed by atoms with van der Waals surface area (Å²) in [5.74, 6) is 0.914. The second kappa shape index (κ2) is 3.85. The average molecular weight is 271 g/mol. The van der Waals surface area contributed by atoms with Gasteiger partial charge in [0.05, 0.1) is 7.11 Å². The zero-order valence-electron chi connectivity index (χ0n) is 12.2.